The molecule has 1 aliphatic heterocycles. The number of benzene rings is 1. The first kappa shape index (κ1) is 10.3. The van der Waals surface area contributed by atoms with E-state index in [9.17, 15) is 5.11 Å². The van der Waals surface area contributed by atoms with E-state index in [0.29, 0.717) is 11.7 Å². The summed E-state index contributed by atoms with van der Waals surface area (Å²) < 4.78 is 0. The van der Waals surface area contributed by atoms with Gasteiger partial charge in [-0.25, -0.2) is 0 Å². The number of phenols is 1. The monoisotopic (exact) mass is 205 g/mol. The zero-order chi connectivity index (χ0) is 11.1. The first-order valence-electron chi connectivity index (χ1n) is 5.65. The lowest BCUT2D eigenvalue weighted by atomic mass is 9.79. The van der Waals surface area contributed by atoms with Crippen LogP contribution in [0.2, 0.25) is 0 Å². The standard InChI is InChI=1S/C13H19NO/c1-4-13(3)8-9(2)11-7-10(15)5-6-12(11)14-13/h5-7,9,14-15H,4,8H2,1-3H3. The van der Waals surface area contributed by atoms with Gasteiger partial charge in [0.2, 0.25) is 0 Å². The molecule has 0 aromatic heterocycles. The molecule has 2 heteroatoms. The quantitative estimate of drug-likeness (QED) is 0.688. The molecule has 0 bridgehead atoms. The fraction of sp³-hybridized carbons (Fsp3) is 0.538. The molecule has 82 valence electrons. The number of rotatable bonds is 1. The number of anilines is 1. The van der Waals surface area contributed by atoms with Crippen LogP contribution in [-0.4, -0.2) is 10.6 Å². The summed E-state index contributed by atoms with van der Waals surface area (Å²) in [7, 11) is 0. The number of hydrogen-bond acceptors (Lipinski definition) is 2. The van der Waals surface area contributed by atoms with Gasteiger partial charge in [-0.1, -0.05) is 13.8 Å². The van der Waals surface area contributed by atoms with E-state index < -0.39 is 0 Å². The van der Waals surface area contributed by atoms with Crippen LogP contribution >= 0.6 is 0 Å². The van der Waals surface area contributed by atoms with Gasteiger partial charge < -0.3 is 10.4 Å². The van der Waals surface area contributed by atoms with E-state index in [1.54, 1.807) is 6.07 Å². The molecule has 1 aliphatic rings. The Morgan fingerprint density at radius 1 is 1.53 bits per heavy atom. The summed E-state index contributed by atoms with van der Waals surface area (Å²) >= 11 is 0. The van der Waals surface area contributed by atoms with E-state index in [2.05, 4.69) is 26.1 Å². The Hall–Kier alpha value is -1.18. The van der Waals surface area contributed by atoms with Gasteiger partial charge in [-0.15, -0.1) is 0 Å². The second-order valence-corrected chi connectivity index (χ2v) is 4.92. The maximum Gasteiger partial charge on any atom is 0.116 e. The SMILES string of the molecule is CCC1(C)CC(C)c2cc(O)ccc2N1. The average molecular weight is 205 g/mol. The Labute approximate surface area is 91.3 Å². The van der Waals surface area contributed by atoms with E-state index in [1.165, 1.54) is 11.3 Å². The highest BCUT2D eigenvalue weighted by Gasteiger charge is 2.31. The molecule has 0 radical (unpaired) electrons. The molecule has 1 aromatic carbocycles. The van der Waals surface area contributed by atoms with Gasteiger partial charge in [-0.05, 0) is 49.4 Å². The summed E-state index contributed by atoms with van der Waals surface area (Å²) in [4.78, 5) is 0. The van der Waals surface area contributed by atoms with Crippen LogP contribution in [0.15, 0.2) is 18.2 Å². The van der Waals surface area contributed by atoms with Crippen molar-refractivity contribution in [1.82, 2.24) is 0 Å². The molecular formula is C13H19NO. The number of fused-ring (bicyclic) bond motifs is 1. The van der Waals surface area contributed by atoms with Crippen molar-refractivity contribution in [3.05, 3.63) is 23.8 Å². The van der Waals surface area contributed by atoms with Crippen molar-refractivity contribution < 1.29 is 5.11 Å². The van der Waals surface area contributed by atoms with E-state index in [-0.39, 0.29) is 5.54 Å². The Kier molecular flexibility index (Phi) is 2.37. The molecule has 2 N–H and O–H groups in total. The lowest BCUT2D eigenvalue weighted by Crippen LogP contribution is -2.39. The van der Waals surface area contributed by atoms with Gasteiger partial charge in [0.15, 0.2) is 0 Å². The fourth-order valence-corrected chi connectivity index (χ4v) is 2.47. The van der Waals surface area contributed by atoms with Crippen molar-refractivity contribution in [2.75, 3.05) is 5.32 Å². The Morgan fingerprint density at radius 2 is 2.27 bits per heavy atom. The molecular weight excluding hydrogens is 186 g/mol. The number of aromatic hydroxyl groups is 1. The van der Waals surface area contributed by atoms with Crippen LogP contribution in [0, 0.1) is 0 Å². The van der Waals surface area contributed by atoms with Crippen molar-refractivity contribution in [3.63, 3.8) is 0 Å². The van der Waals surface area contributed by atoms with Crippen molar-refractivity contribution in [1.29, 1.82) is 0 Å². The summed E-state index contributed by atoms with van der Waals surface area (Å²) in [6, 6.07) is 5.61. The zero-order valence-corrected chi connectivity index (χ0v) is 9.67. The van der Waals surface area contributed by atoms with Gasteiger partial charge in [0.1, 0.15) is 5.75 Å². The van der Waals surface area contributed by atoms with E-state index >= 15 is 0 Å². The molecule has 1 heterocycles. The Morgan fingerprint density at radius 3 is 2.93 bits per heavy atom. The molecule has 2 atom stereocenters. The highest BCUT2D eigenvalue weighted by Crippen LogP contribution is 2.41. The predicted molar refractivity (Wildman–Crippen MR) is 63.5 cm³/mol. The van der Waals surface area contributed by atoms with Gasteiger partial charge in [-0.3, -0.25) is 0 Å². The number of nitrogens with one attached hydrogen (secondary N) is 1. The highest BCUT2D eigenvalue weighted by molar-refractivity contribution is 5.59. The summed E-state index contributed by atoms with van der Waals surface area (Å²) in [5.74, 6) is 0.876. The molecule has 0 saturated heterocycles. The second-order valence-electron chi connectivity index (χ2n) is 4.92. The summed E-state index contributed by atoms with van der Waals surface area (Å²) in [5.41, 5.74) is 2.61. The van der Waals surface area contributed by atoms with Gasteiger partial charge in [0, 0.05) is 11.2 Å². The molecule has 2 nitrogen and oxygen atoms in total. The highest BCUT2D eigenvalue weighted by atomic mass is 16.3. The molecule has 0 aliphatic carbocycles. The minimum absolute atomic E-state index is 0.198. The summed E-state index contributed by atoms with van der Waals surface area (Å²) in [6.07, 6.45) is 2.25. The predicted octanol–water partition coefficient (Wildman–Crippen LogP) is 3.48. The topological polar surface area (TPSA) is 32.3 Å². The van der Waals surface area contributed by atoms with Crippen molar-refractivity contribution in [2.45, 2.75) is 45.1 Å². The Bertz CT molecular complexity index is 375. The molecule has 0 amide bonds. The summed E-state index contributed by atoms with van der Waals surface area (Å²) in [6.45, 7) is 6.71. The molecule has 0 spiro atoms. The fourth-order valence-electron chi connectivity index (χ4n) is 2.47. The lowest BCUT2D eigenvalue weighted by Gasteiger charge is -2.39. The van der Waals surface area contributed by atoms with Crippen LogP contribution in [0.5, 0.6) is 5.75 Å². The third-order valence-electron chi connectivity index (χ3n) is 3.54. The number of hydrogen-bond donors (Lipinski definition) is 2. The minimum atomic E-state index is 0.198. The normalized spacial score (nSPS) is 29.4. The maximum absolute atomic E-state index is 9.47. The first-order chi connectivity index (χ1) is 7.04. The summed E-state index contributed by atoms with van der Waals surface area (Å²) in [5, 5.41) is 13.0. The van der Waals surface area contributed by atoms with Gasteiger partial charge in [0.25, 0.3) is 0 Å². The molecule has 0 fully saturated rings. The number of phenolic OH excluding ortho intramolecular Hbond substituents is 1. The molecule has 0 saturated carbocycles. The second kappa shape index (κ2) is 3.44. The first-order valence-corrected chi connectivity index (χ1v) is 5.65. The molecule has 1 aromatic rings. The van der Waals surface area contributed by atoms with Crippen LogP contribution in [0.25, 0.3) is 0 Å². The van der Waals surface area contributed by atoms with Crippen LogP contribution < -0.4 is 5.32 Å². The minimum Gasteiger partial charge on any atom is -0.508 e. The molecule has 2 unspecified atom stereocenters. The molecule has 15 heavy (non-hydrogen) atoms. The smallest absolute Gasteiger partial charge is 0.116 e. The van der Waals surface area contributed by atoms with E-state index in [0.717, 1.165) is 12.8 Å². The largest absolute Gasteiger partial charge is 0.508 e. The third kappa shape index (κ3) is 1.81. The maximum atomic E-state index is 9.47. The zero-order valence-electron chi connectivity index (χ0n) is 9.67. The van der Waals surface area contributed by atoms with Gasteiger partial charge >= 0.3 is 0 Å². The lowest BCUT2D eigenvalue weighted by molar-refractivity contribution is 0.404. The van der Waals surface area contributed by atoms with Crippen molar-refractivity contribution in [3.8, 4) is 5.75 Å². The van der Waals surface area contributed by atoms with Crippen LogP contribution in [0.1, 0.15) is 45.1 Å². The van der Waals surface area contributed by atoms with E-state index in [1.807, 2.05) is 12.1 Å². The van der Waals surface area contributed by atoms with Crippen molar-refractivity contribution >= 4 is 5.69 Å². The Balaban J connectivity index is 2.41. The van der Waals surface area contributed by atoms with Gasteiger partial charge in [0.05, 0.1) is 0 Å². The van der Waals surface area contributed by atoms with Gasteiger partial charge in [-0.2, -0.15) is 0 Å². The average Bonchev–Trinajstić information content (AvgIpc) is 2.20. The van der Waals surface area contributed by atoms with Crippen LogP contribution in [0.4, 0.5) is 5.69 Å². The van der Waals surface area contributed by atoms with E-state index in [4.69, 9.17) is 0 Å². The van der Waals surface area contributed by atoms with Crippen LogP contribution in [-0.2, 0) is 0 Å². The van der Waals surface area contributed by atoms with Crippen LogP contribution in [0.3, 0.4) is 0 Å². The van der Waals surface area contributed by atoms with Crippen molar-refractivity contribution in [2.24, 2.45) is 0 Å². The third-order valence-corrected chi connectivity index (χ3v) is 3.54. The molecule has 2 rings (SSSR count).